The third kappa shape index (κ3) is 4.14. The fourth-order valence-corrected chi connectivity index (χ4v) is 4.61. The van der Waals surface area contributed by atoms with Gasteiger partial charge in [0.2, 0.25) is 10.0 Å². The Morgan fingerprint density at radius 1 is 1.18 bits per heavy atom. The minimum absolute atomic E-state index is 0.0254. The van der Waals surface area contributed by atoms with Crippen LogP contribution in [0.25, 0.3) is 11.0 Å². The average molecular weight is 418 g/mol. The zero-order valence-electron chi connectivity index (χ0n) is 16.0. The van der Waals surface area contributed by atoms with Gasteiger partial charge in [-0.15, -0.1) is 0 Å². The maximum atomic E-state index is 12.8. The fourth-order valence-electron chi connectivity index (χ4n) is 3.01. The zero-order valence-corrected chi connectivity index (χ0v) is 17.7. The van der Waals surface area contributed by atoms with Gasteiger partial charge in [-0.3, -0.25) is 4.79 Å². The number of rotatable bonds is 7. The van der Waals surface area contributed by atoms with Crippen LogP contribution in [0, 0.1) is 0 Å². The van der Waals surface area contributed by atoms with Gasteiger partial charge in [-0.2, -0.15) is 0 Å². The van der Waals surface area contributed by atoms with Crippen molar-refractivity contribution in [3.05, 3.63) is 53.6 Å². The maximum Gasteiger partial charge on any atom is 0.238 e. The second-order valence-corrected chi connectivity index (χ2v) is 9.38. The Hall–Kier alpha value is -2.16. The molecule has 2 aromatic carbocycles. The first-order chi connectivity index (χ1) is 13.2. The number of Topliss-reactive ketones (excluding diaryl/α,β-unsaturated/α-hetero) is 1. The SMILES string of the molecule is CCc1ccc(C(=O)[C@H](C)Sc2nc3cc(S(N)(=O)=O)ccc3n2CC)cc1. The smallest absolute Gasteiger partial charge is 0.238 e. The third-order valence-corrected chi connectivity index (χ3v) is 6.63. The first-order valence-electron chi connectivity index (χ1n) is 9.07. The molecule has 0 saturated carbocycles. The number of nitrogens with zero attached hydrogens (tertiary/aromatic N) is 2. The summed E-state index contributed by atoms with van der Waals surface area (Å²) < 4.78 is 25.2. The van der Waals surface area contributed by atoms with E-state index in [4.69, 9.17) is 5.14 Å². The van der Waals surface area contributed by atoms with E-state index in [9.17, 15) is 13.2 Å². The summed E-state index contributed by atoms with van der Waals surface area (Å²) in [5, 5.41) is 5.57. The van der Waals surface area contributed by atoms with Crippen LogP contribution in [0.2, 0.25) is 0 Å². The molecule has 0 aliphatic heterocycles. The molecule has 0 amide bonds. The molecular weight excluding hydrogens is 394 g/mol. The Labute approximate surface area is 169 Å². The number of carbonyl (C=O) groups excluding carboxylic acids is 1. The standard InChI is InChI=1S/C20H23N3O3S2/c1-4-14-6-8-15(9-7-14)19(24)13(3)27-20-22-17-12-16(28(21,25)26)10-11-18(17)23(20)5-2/h6-13H,4-5H2,1-3H3,(H2,21,25,26)/t13-/m0/s1. The van der Waals surface area contributed by atoms with Gasteiger partial charge in [0, 0.05) is 12.1 Å². The number of benzene rings is 2. The van der Waals surface area contributed by atoms with Crippen LogP contribution in [0.1, 0.15) is 36.7 Å². The highest BCUT2D eigenvalue weighted by molar-refractivity contribution is 8.00. The maximum absolute atomic E-state index is 12.8. The molecule has 148 valence electrons. The molecule has 0 unspecified atom stereocenters. The molecule has 3 aromatic rings. The minimum atomic E-state index is -3.79. The number of hydrogen-bond acceptors (Lipinski definition) is 5. The predicted octanol–water partition coefficient (Wildman–Crippen LogP) is 3.63. The van der Waals surface area contributed by atoms with E-state index in [0.29, 0.717) is 22.8 Å². The number of thioether (sulfide) groups is 1. The highest BCUT2D eigenvalue weighted by Crippen LogP contribution is 2.30. The van der Waals surface area contributed by atoms with Gasteiger partial charge < -0.3 is 4.57 Å². The third-order valence-electron chi connectivity index (χ3n) is 4.63. The number of imidazole rings is 1. The quantitative estimate of drug-likeness (QED) is 0.468. The highest BCUT2D eigenvalue weighted by atomic mass is 32.2. The monoisotopic (exact) mass is 417 g/mol. The van der Waals surface area contributed by atoms with Crippen LogP contribution < -0.4 is 5.14 Å². The van der Waals surface area contributed by atoms with Crippen molar-refractivity contribution in [2.24, 2.45) is 5.14 Å². The summed E-state index contributed by atoms with van der Waals surface area (Å²) in [6.07, 6.45) is 0.930. The van der Waals surface area contributed by atoms with Crippen molar-refractivity contribution in [3.8, 4) is 0 Å². The van der Waals surface area contributed by atoms with E-state index < -0.39 is 10.0 Å². The molecule has 0 radical (unpaired) electrons. The lowest BCUT2D eigenvalue weighted by Gasteiger charge is -2.11. The summed E-state index contributed by atoms with van der Waals surface area (Å²) >= 11 is 1.37. The fraction of sp³-hybridized carbons (Fsp3) is 0.300. The summed E-state index contributed by atoms with van der Waals surface area (Å²) in [5.41, 5.74) is 3.22. The lowest BCUT2D eigenvalue weighted by atomic mass is 10.1. The topological polar surface area (TPSA) is 95.1 Å². The van der Waals surface area contributed by atoms with Gasteiger partial charge in [0.05, 0.1) is 21.2 Å². The summed E-state index contributed by atoms with van der Waals surface area (Å²) in [6.45, 7) is 6.57. The molecule has 0 aliphatic rings. The number of aryl methyl sites for hydroxylation is 2. The molecule has 6 nitrogen and oxygen atoms in total. The summed E-state index contributed by atoms with van der Waals surface area (Å²) in [7, 11) is -3.79. The number of carbonyl (C=O) groups is 1. The van der Waals surface area contributed by atoms with E-state index in [0.717, 1.165) is 11.9 Å². The molecule has 0 bridgehead atoms. The minimum Gasteiger partial charge on any atom is -0.319 e. The Morgan fingerprint density at radius 3 is 2.43 bits per heavy atom. The van der Waals surface area contributed by atoms with Crippen LogP contribution in [0.4, 0.5) is 0 Å². The van der Waals surface area contributed by atoms with Crippen molar-refractivity contribution in [1.82, 2.24) is 9.55 Å². The number of ketones is 1. The largest absolute Gasteiger partial charge is 0.319 e. The zero-order chi connectivity index (χ0) is 20.5. The molecule has 0 aliphatic carbocycles. The van der Waals surface area contributed by atoms with E-state index in [1.165, 1.54) is 29.5 Å². The molecule has 0 fully saturated rings. The van der Waals surface area contributed by atoms with Crippen LogP contribution >= 0.6 is 11.8 Å². The molecule has 28 heavy (non-hydrogen) atoms. The van der Waals surface area contributed by atoms with Crippen LogP contribution in [0.15, 0.2) is 52.5 Å². The van der Waals surface area contributed by atoms with E-state index in [1.54, 1.807) is 6.07 Å². The van der Waals surface area contributed by atoms with Crippen molar-refractivity contribution in [2.75, 3.05) is 0 Å². The first kappa shape index (κ1) is 20.6. The summed E-state index contributed by atoms with van der Waals surface area (Å²) in [5.74, 6) is 0.0348. The number of hydrogen-bond donors (Lipinski definition) is 1. The van der Waals surface area contributed by atoms with E-state index >= 15 is 0 Å². The van der Waals surface area contributed by atoms with Crippen LogP contribution in [0.5, 0.6) is 0 Å². The Bertz CT molecular complexity index is 1120. The van der Waals surface area contributed by atoms with Gasteiger partial charge in [0.1, 0.15) is 0 Å². The lowest BCUT2D eigenvalue weighted by Crippen LogP contribution is -2.14. The summed E-state index contributed by atoms with van der Waals surface area (Å²) in [6, 6.07) is 12.3. The molecule has 0 saturated heterocycles. The molecule has 3 rings (SSSR count). The lowest BCUT2D eigenvalue weighted by molar-refractivity contribution is 0.0994. The van der Waals surface area contributed by atoms with Gasteiger partial charge in [-0.1, -0.05) is 43.0 Å². The van der Waals surface area contributed by atoms with Crippen LogP contribution in [-0.4, -0.2) is 29.0 Å². The van der Waals surface area contributed by atoms with Crippen molar-refractivity contribution in [1.29, 1.82) is 0 Å². The molecule has 8 heteroatoms. The van der Waals surface area contributed by atoms with Gasteiger partial charge >= 0.3 is 0 Å². The van der Waals surface area contributed by atoms with Gasteiger partial charge in [-0.05, 0) is 44.0 Å². The molecule has 0 spiro atoms. The molecule has 1 aromatic heterocycles. The van der Waals surface area contributed by atoms with Crippen molar-refractivity contribution < 1.29 is 13.2 Å². The Morgan fingerprint density at radius 2 is 1.86 bits per heavy atom. The summed E-state index contributed by atoms with van der Waals surface area (Å²) in [4.78, 5) is 17.4. The predicted molar refractivity (Wildman–Crippen MR) is 112 cm³/mol. The van der Waals surface area contributed by atoms with E-state index in [-0.39, 0.29) is 15.9 Å². The van der Waals surface area contributed by atoms with E-state index in [2.05, 4.69) is 11.9 Å². The number of fused-ring (bicyclic) bond motifs is 1. The average Bonchev–Trinajstić information content (AvgIpc) is 3.02. The van der Waals surface area contributed by atoms with Crippen molar-refractivity contribution in [3.63, 3.8) is 0 Å². The normalized spacial score (nSPS) is 13.0. The van der Waals surface area contributed by atoms with Crippen molar-refractivity contribution in [2.45, 2.75) is 49.0 Å². The first-order valence-corrected chi connectivity index (χ1v) is 11.5. The van der Waals surface area contributed by atoms with E-state index in [1.807, 2.05) is 42.7 Å². The molecule has 2 N–H and O–H groups in total. The number of nitrogens with two attached hydrogens (primary N) is 1. The second kappa shape index (κ2) is 8.06. The second-order valence-electron chi connectivity index (χ2n) is 6.51. The van der Waals surface area contributed by atoms with Crippen molar-refractivity contribution >= 4 is 38.6 Å². The molecular formula is C20H23N3O3S2. The van der Waals surface area contributed by atoms with Gasteiger partial charge in [-0.25, -0.2) is 18.5 Å². The molecule has 1 atom stereocenters. The van der Waals surface area contributed by atoms with Gasteiger partial charge in [0.15, 0.2) is 10.9 Å². The Balaban J connectivity index is 1.90. The van der Waals surface area contributed by atoms with Gasteiger partial charge in [0.25, 0.3) is 0 Å². The number of sulfonamides is 1. The van der Waals surface area contributed by atoms with Crippen LogP contribution in [0.3, 0.4) is 0 Å². The highest BCUT2D eigenvalue weighted by Gasteiger charge is 2.21. The van der Waals surface area contributed by atoms with Crippen LogP contribution in [-0.2, 0) is 23.0 Å². The number of primary sulfonamides is 1. The Kier molecular flexibility index (Phi) is 5.92. The number of aromatic nitrogens is 2. The molecule has 1 heterocycles.